The van der Waals surface area contributed by atoms with E-state index in [4.69, 9.17) is 4.74 Å². The second kappa shape index (κ2) is 3.74. The van der Waals surface area contributed by atoms with Gasteiger partial charge in [0.05, 0.1) is 18.2 Å². The molecule has 1 aliphatic rings. The van der Waals surface area contributed by atoms with E-state index in [2.05, 4.69) is 35.8 Å². The Hall–Kier alpha value is -0.540. The predicted octanol–water partition coefficient (Wildman–Crippen LogP) is 3.12. The van der Waals surface area contributed by atoms with Crippen LogP contribution in [0.3, 0.4) is 0 Å². The fraction of sp³-hybridized carbons (Fsp3) is 0.538. The Bertz CT molecular complexity index is 414. The minimum absolute atomic E-state index is 0.0824. The van der Waals surface area contributed by atoms with Crippen LogP contribution >= 0.6 is 15.9 Å². The highest BCUT2D eigenvalue weighted by Crippen LogP contribution is 2.64. The van der Waals surface area contributed by atoms with Gasteiger partial charge in [-0.1, -0.05) is 19.9 Å². The van der Waals surface area contributed by atoms with Crippen LogP contribution in [0, 0.1) is 5.41 Å². The van der Waals surface area contributed by atoms with Crippen molar-refractivity contribution in [1.82, 2.24) is 0 Å². The molecule has 0 saturated heterocycles. The molecule has 16 heavy (non-hydrogen) atoms. The van der Waals surface area contributed by atoms with E-state index >= 15 is 0 Å². The smallest absolute Gasteiger partial charge is 0.133 e. The van der Waals surface area contributed by atoms with Gasteiger partial charge in [0.2, 0.25) is 0 Å². The molecule has 2 rings (SSSR count). The van der Waals surface area contributed by atoms with Crippen molar-refractivity contribution in [3.05, 3.63) is 28.2 Å². The molecule has 0 radical (unpaired) electrons. The van der Waals surface area contributed by atoms with Crippen molar-refractivity contribution in [2.75, 3.05) is 13.7 Å². The molecular formula is C13H17BrO2. The van der Waals surface area contributed by atoms with E-state index in [1.807, 2.05) is 12.1 Å². The highest BCUT2D eigenvalue weighted by Gasteiger charge is 2.61. The van der Waals surface area contributed by atoms with Gasteiger partial charge in [0, 0.05) is 5.41 Å². The molecule has 0 aromatic heterocycles. The maximum atomic E-state index is 9.63. The van der Waals surface area contributed by atoms with Crippen LogP contribution in [0.5, 0.6) is 5.75 Å². The van der Waals surface area contributed by atoms with Gasteiger partial charge in [-0.15, -0.1) is 0 Å². The summed E-state index contributed by atoms with van der Waals surface area (Å²) < 4.78 is 6.24. The van der Waals surface area contributed by atoms with Crippen molar-refractivity contribution in [2.45, 2.75) is 25.7 Å². The molecule has 0 aliphatic heterocycles. The summed E-state index contributed by atoms with van der Waals surface area (Å²) in [5.41, 5.74) is 1.27. The van der Waals surface area contributed by atoms with Crippen LogP contribution in [0.4, 0.5) is 0 Å². The summed E-state index contributed by atoms with van der Waals surface area (Å²) in [5.74, 6) is 0.827. The van der Waals surface area contributed by atoms with Crippen LogP contribution in [-0.4, -0.2) is 18.8 Å². The van der Waals surface area contributed by atoms with Crippen LogP contribution in [0.1, 0.15) is 25.8 Å². The number of methoxy groups -OCH3 is 1. The van der Waals surface area contributed by atoms with E-state index in [-0.39, 0.29) is 17.4 Å². The monoisotopic (exact) mass is 284 g/mol. The SMILES string of the molecule is COc1cc(C2(CO)CC2(C)C)ccc1Br. The van der Waals surface area contributed by atoms with Crippen molar-refractivity contribution >= 4 is 15.9 Å². The summed E-state index contributed by atoms with van der Waals surface area (Å²) in [7, 11) is 1.66. The van der Waals surface area contributed by atoms with Crippen LogP contribution in [0.25, 0.3) is 0 Å². The Morgan fingerprint density at radius 2 is 2.06 bits per heavy atom. The fourth-order valence-corrected chi connectivity index (χ4v) is 2.93. The van der Waals surface area contributed by atoms with Gasteiger partial charge in [-0.05, 0) is 45.5 Å². The molecule has 0 spiro atoms. The van der Waals surface area contributed by atoms with Crippen molar-refractivity contribution < 1.29 is 9.84 Å². The Balaban J connectivity index is 2.42. The molecule has 1 fully saturated rings. The average molecular weight is 285 g/mol. The van der Waals surface area contributed by atoms with E-state index in [0.29, 0.717) is 0 Å². The molecule has 3 heteroatoms. The van der Waals surface area contributed by atoms with E-state index in [1.54, 1.807) is 7.11 Å². The first-order valence-corrected chi connectivity index (χ1v) is 6.21. The maximum absolute atomic E-state index is 9.63. The molecule has 2 nitrogen and oxygen atoms in total. The number of halogens is 1. The second-order valence-electron chi connectivity index (χ2n) is 5.15. The highest BCUT2D eigenvalue weighted by molar-refractivity contribution is 9.10. The summed E-state index contributed by atoms with van der Waals surface area (Å²) >= 11 is 3.44. The lowest BCUT2D eigenvalue weighted by Crippen LogP contribution is -2.19. The van der Waals surface area contributed by atoms with Gasteiger partial charge >= 0.3 is 0 Å². The van der Waals surface area contributed by atoms with Crippen LogP contribution in [0.2, 0.25) is 0 Å². The van der Waals surface area contributed by atoms with E-state index in [0.717, 1.165) is 16.6 Å². The number of ether oxygens (including phenoxy) is 1. The number of hydrogen-bond donors (Lipinski definition) is 1. The molecule has 1 atom stereocenters. The van der Waals surface area contributed by atoms with Crippen molar-refractivity contribution in [3.63, 3.8) is 0 Å². The summed E-state index contributed by atoms with van der Waals surface area (Å²) in [6, 6.07) is 6.08. The van der Waals surface area contributed by atoms with Crippen molar-refractivity contribution in [1.29, 1.82) is 0 Å². The standard InChI is InChI=1S/C13H17BrO2/c1-12(2)7-13(12,8-15)9-4-5-10(14)11(6-9)16-3/h4-6,15H,7-8H2,1-3H3. The minimum atomic E-state index is -0.0824. The maximum Gasteiger partial charge on any atom is 0.133 e. The normalized spacial score (nSPS) is 26.6. The quantitative estimate of drug-likeness (QED) is 0.924. The third-order valence-corrected chi connectivity index (χ3v) is 4.54. The molecule has 1 aromatic rings. The summed E-state index contributed by atoms with van der Waals surface area (Å²) in [5, 5.41) is 9.63. The lowest BCUT2D eigenvalue weighted by molar-refractivity contribution is 0.231. The van der Waals surface area contributed by atoms with Gasteiger partial charge in [0.15, 0.2) is 0 Å². The zero-order valence-corrected chi connectivity index (χ0v) is 11.5. The van der Waals surface area contributed by atoms with E-state index < -0.39 is 0 Å². The average Bonchev–Trinajstić information content (AvgIpc) is 2.83. The predicted molar refractivity (Wildman–Crippen MR) is 67.9 cm³/mol. The lowest BCUT2D eigenvalue weighted by atomic mass is 9.88. The first-order valence-electron chi connectivity index (χ1n) is 5.42. The third-order valence-electron chi connectivity index (χ3n) is 3.89. The minimum Gasteiger partial charge on any atom is -0.496 e. The zero-order chi connectivity index (χ0) is 12.0. The third kappa shape index (κ3) is 1.57. The molecule has 0 amide bonds. The summed E-state index contributed by atoms with van der Waals surface area (Å²) in [6.07, 6.45) is 1.03. The van der Waals surface area contributed by atoms with Gasteiger partial charge in [0.25, 0.3) is 0 Å². The molecule has 1 saturated carbocycles. The Morgan fingerprint density at radius 3 is 2.50 bits per heavy atom. The molecule has 88 valence electrons. The molecule has 1 aromatic carbocycles. The largest absolute Gasteiger partial charge is 0.496 e. The number of hydrogen-bond acceptors (Lipinski definition) is 2. The fourth-order valence-electron chi connectivity index (χ4n) is 2.52. The summed E-state index contributed by atoms with van der Waals surface area (Å²) in [4.78, 5) is 0. The first-order chi connectivity index (χ1) is 7.47. The first kappa shape index (κ1) is 11.9. The van der Waals surface area contributed by atoms with Gasteiger partial charge in [-0.25, -0.2) is 0 Å². The second-order valence-corrected chi connectivity index (χ2v) is 6.00. The lowest BCUT2D eigenvalue weighted by Gasteiger charge is -2.19. The van der Waals surface area contributed by atoms with Gasteiger partial charge in [0.1, 0.15) is 5.75 Å². The number of rotatable bonds is 3. The molecule has 0 bridgehead atoms. The van der Waals surface area contributed by atoms with Crippen LogP contribution in [-0.2, 0) is 5.41 Å². The van der Waals surface area contributed by atoms with Gasteiger partial charge < -0.3 is 9.84 Å². The molecular weight excluding hydrogens is 268 g/mol. The molecule has 1 N–H and O–H groups in total. The number of benzene rings is 1. The highest BCUT2D eigenvalue weighted by atomic mass is 79.9. The Kier molecular flexibility index (Phi) is 2.79. The topological polar surface area (TPSA) is 29.5 Å². The number of aliphatic hydroxyl groups excluding tert-OH is 1. The van der Waals surface area contributed by atoms with Crippen molar-refractivity contribution in [3.8, 4) is 5.75 Å². The van der Waals surface area contributed by atoms with Crippen molar-refractivity contribution in [2.24, 2.45) is 5.41 Å². The van der Waals surface area contributed by atoms with E-state index in [9.17, 15) is 5.11 Å². The zero-order valence-electron chi connectivity index (χ0n) is 9.88. The van der Waals surface area contributed by atoms with Crippen LogP contribution < -0.4 is 4.74 Å². The molecule has 1 aliphatic carbocycles. The molecule has 1 unspecified atom stereocenters. The van der Waals surface area contributed by atoms with Gasteiger partial charge in [-0.2, -0.15) is 0 Å². The Labute approximate surface area is 105 Å². The molecule has 0 heterocycles. The van der Waals surface area contributed by atoms with Crippen LogP contribution in [0.15, 0.2) is 22.7 Å². The van der Waals surface area contributed by atoms with Gasteiger partial charge in [-0.3, -0.25) is 0 Å². The van der Waals surface area contributed by atoms with E-state index in [1.165, 1.54) is 5.56 Å². The Morgan fingerprint density at radius 1 is 1.44 bits per heavy atom. The summed E-state index contributed by atoms with van der Waals surface area (Å²) in [6.45, 7) is 4.58. The number of aliphatic hydroxyl groups is 1.